The van der Waals surface area contributed by atoms with Crippen molar-refractivity contribution in [2.75, 3.05) is 13.7 Å². The summed E-state index contributed by atoms with van der Waals surface area (Å²) in [6.45, 7) is 3.73. The molecule has 164 valence electrons. The predicted molar refractivity (Wildman–Crippen MR) is 125 cm³/mol. The molecule has 0 spiro atoms. The molecule has 3 aromatic rings. The molecule has 1 aliphatic heterocycles. The molecular weight excluding hydrogens is 494 g/mol. The Morgan fingerprint density at radius 2 is 2.16 bits per heavy atom. The molecule has 0 amide bonds. The number of ether oxygens (including phenoxy) is 2. The number of methoxy groups -OCH3 is 1. The van der Waals surface area contributed by atoms with Crippen molar-refractivity contribution in [2.24, 2.45) is 4.99 Å². The topological polar surface area (TPSA) is 82.8 Å². The van der Waals surface area contributed by atoms with Gasteiger partial charge in [0.25, 0.3) is 5.56 Å². The number of aromatic nitrogens is 2. The molecule has 0 saturated heterocycles. The zero-order valence-corrected chi connectivity index (χ0v) is 20.1. The van der Waals surface area contributed by atoms with Crippen LogP contribution in [0.2, 0.25) is 0 Å². The number of pyridine rings is 1. The van der Waals surface area contributed by atoms with E-state index in [1.54, 1.807) is 50.1 Å². The Hall–Kier alpha value is -3.04. The quantitative estimate of drug-likeness (QED) is 0.489. The van der Waals surface area contributed by atoms with Gasteiger partial charge >= 0.3 is 5.97 Å². The van der Waals surface area contributed by atoms with Gasteiger partial charge in [-0.25, -0.2) is 9.79 Å². The van der Waals surface area contributed by atoms with E-state index in [9.17, 15) is 9.59 Å². The average molecular weight is 514 g/mol. The molecule has 9 heteroatoms. The molecular formula is C23H20BrN3O4S. The van der Waals surface area contributed by atoms with Gasteiger partial charge < -0.3 is 9.47 Å². The molecule has 3 heterocycles. The summed E-state index contributed by atoms with van der Waals surface area (Å²) >= 11 is 4.78. The molecule has 1 atom stereocenters. The monoisotopic (exact) mass is 513 g/mol. The highest BCUT2D eigenvalue weighted by Crippen LogP contribution is 2.34. The minimum Gasteiger partial charge on any atom is -0.496 e. The lowest BCUT2D eigenvalue weighted by atomic mass is 9.96. The van der Waals surface area contributed by atoms with Gasteiger partial charge in [0.15, 0.2) is 4.80 Å². The third-order valence-corrected chi connectivity index (χ3v) is 6.59. The number of benzene rings is 1. The number of rotatable bonds is 5. The van der Waals surface area contributed by atoms with Crippen LogP contribution in [0.15, 0.2) is 68.3 Å². The van der Waals surface area contributed by atoms with Gasteiger partial charge in [0.1, 0.15) is 5.75 Å². The number of nitrogens with zero attached hydrogens (tertiary/aromatic N) is 3. The summed E-state index contributed by atoms with van der Waals surface area (Å²) in [5.74, 6) is 0.156. The Labute approximate surface area is 196 Å². The number of thiazole rings is 1. The van der Waals surface area contributed by atoms with E-state index in [4.69, 9.17) is 9.47 Å². The summed E-state index contributed by atoms with van der Waals surface area (Å²) < 4.78 is 13.4. The molecule has 1 aromatic carbocycles. The van der Waals surface area contributed by atoms with E-state index >= 15 is 0 Å². The van der Waals surface area contributed by atoms with Crippen LogP contribution >= 0.6 is 27.3 Å². The van der Waals surface area contributed by atoms with Crippen LogP contribution in [-0.2, 0) is 9.53 Å². The molecule has 4 rings (SSSR count). The van der Waals surface area contributed by atoms with Crippen molar-refractivity contribution in [3.63, 3.8) is 0 Å². The SMILES string of the molecule is CCOC(=O)C1=C(C)N=c2s/c(=C/c3cccnc3)c(=O)n2C1c1ccc(OC)c(Br)c1. The Morgan fingerprint density at radius 3 is 2.81 bits per heavy atom. The van der Waals surface area contributed by atoms with E-state index in [0.717, 1.165) is 11.1 Å². The number of hydrogen-bond acceptors (Lipinski definition) is 7. The normalized spacial score (nSPS) is 15.9. The number of halogens is 1. The van der Waals surface area contributed by atoms with Crippen molar-refractivity contribution in [3.05, 3.63) is 89.3 Å². The number of allylic oxidation sites excluding steroid dienone is 1. The molecule has 0 saturated carbocycles. The van der Waals surface area contributed by atoms with Gasteiger partial charge in [-0.3, -0.25) is 14.3 Å². The Balaban J connectivity index is 1.97. The van der Waals surface area contributed by atoms with Crippen molar-refractivity contribution in [1.29, 1.82) is 0 Å². The fraction of sp³-hybridized carbons (Fsp3) is 0.217. The summed E-state index contributed by atoms with van der Waals surface area (Å²) in [7, 11) is 1.58. The molecule has 7 nitrogen and oxygen atoms in total. The minimum absolute atomic E-state index is 0.222. The summed E-state index contributed by atoms with van der Waals surface area (Å²) in [4.78, 5) is 35.6. The summed E-state index contributed by atoms with van der Waals surface area (Å²) in [5.41, 5.74) is 2.18. The highest BCUT2D eigenvalue weighted by molar-refractivity contribution is 9.10. The van der Waals surface area contributed by atoms with Crippen molar-refractivity contribution in [2.45, 2.75) is 19.9 Å². The summed E-state index contributed by atoms with van der Waals surface area (Å²) in [5, 5.41) is 0. The highest BCUT2D eigenvalue weighted by Gasteiger charge is 2.33. The van der Waals surface area contributed by atoms with E-state index in [1.165, 1.54) is 11.3 Å². The second-order valence-corrected chi connectivity index (χ2v) is 8.85. The van der Waals surface area contributed by atoms with Gasteiger partial charge in [0.05, 0.1) is 40.0 Å². The van der Waals surface area contributed by atoms with Gasteiger partial charge in [-0.15, -0.1) is 0 Å². The molecule has 1 aliphatic rings. The molecule has 32 heavy (non-hydrogen) atoms. The summed E-state index contributed by atoms with van der Waals surface area (Å²) in [6.07, 6.45) is 5.14. The Morgan fingerprint density at radius 1 is 1.34 bits per heavy atom. The fourth-order valence-electron chi connectivity index (χ4n) is 3.57. The third-order valence-electron chi connectivity index (χ3n) is 4.99. The smallest absolute Gasteiger partial charge is 0.338 e. The number of carbonyl (C=O) groups is 1. The first-order valence-corrected chi connectivity index (χ1v) is 11.5. The van der Waals surface area contributed by atoms with Gasteiger partial charge in [0.2, 0.25) is 0 Å². The minimum atomic E-state index is -0.677. The van der Waals surface area contributed by atoms with E-state index in [-0.39, 0.29) is 12.2 Å². The zero-order chi connectivity index (χ0) is 22.8. The van der Waals surface area contributed by atoms with Crippen molar-refractivity contribution < 1.29 is 14.3 Å². The van der Waals surface area contributed by atoms with E-state index in [1.807, 2.05) is 24.3 Å². The van der Waals surface area contributed by atoms with E-state index in [2.05, 4.69) is 25.9 Å². The lowest BCUT2D eigenvalue weighted by Crippen LogP contribution is -2.39. The first kappa shape index (κ1) is 22.2. The van der Waals surface area contributed by atoms with E-state index < -0.39 is 12.0 Å². The standard InChI is InChI=1S/C23H20BrN3O4S/c1-4-31-22(29)19-13(2)26-23-27(20(19)15-7-8-17(30-3)16(24)11-15)21(28)18(32-23)10-14-6-5-9-25-12-14/h5-12,20H,4H2,1-3H3/b18-10+. The van der Waals surface area contributed by atoms with Gasteiger partial charge in [-0.05, 0) is 65.2 Å². The third kappa shape index (κ3) is 4.05. The summed E-state index contributed by atoms with van der Waals surface area (Å²) in [6, 6.07) is 8.48. The lowest BCUT2D eigenvalue weighted by molar-refractivity contribution is -0.139. The van der Waals surface area contributed by atoms with Crippen LogP contribution in [0.25, 0.3) is 6.08 Å². The van der Waals surface area contributed by atoms with Crippen LogP contribution < -0.4 is 19.6 Å². The van der Waals surface area contributed by atoms with Crippen molar-refractivity contribution in [1.82, 2.24) is 9.55 Å². The maximum Gasteiger partial charge on any atom is 0.338 e. The van der Waals surface area contributed by atoms with Crippen molar-refractivity contribution in [3.8, 4) is 5.75 Å². The number of fused-ring (bicyclic) bond motifs is 1. The molecule has 0 N–H and O–H groups in total. The molecule has 1 unspecified atom stereocenters. The van der Waals surface area contributed by atoms with Crippen LogP contribution in [0, 0.1) is 0 Å². The van der Waals surface area contributed by atoms with Crippen LogP contribution in [0.3, 0.4) is 0 Å². The molecule has 0 aliphatic carbocycles. The van der Waals surface area contributed by atoms with Crippen LogP contribution in [0.1, 0.15) is 31.0 Å². The molecule has 2 aromatic heterocycles. The van der Waals surface area contributed by atoms with Gasteiger partial charge in [0, 0.05) is 12.4 Å². The van der Waals surface area contributed by atoms with Crippen LogP contribution in [-0.4, -0.2) is 29.2 Å². The number of esters is 1. The van der Waals surface area contributed by atoms with Gasteiger partial charge in [-0.2, -0.15) is 0 Å². The zero-order valence-electron chi connectivity index (χ0n) is 17.7. The largest absolute Gasteiger partial charge is 0.496 e. The molecule has 0 fully saturated rings. The number of hydrogen-bond donors (Lipinski definition) is 0. The first-order valence-electron chi connectivity index (χ1n) is 9.87. The van der Waals surface area contributed by atoms with Crippen LogP contribution in [0.5, 0.6) is 5.75 Å². The lowest BCUT2D eigenvalue weighted by Gasteiger charge is -2.25. The van der Waals surface area contributed by atoms with Crippen molar-refractivity contribution >= 4 is 39.3 Å². The average Bonchev–Trinajstić information content (AvgIpc) is 3.08. The maximum atomic E-state index is 13.5. The molecule has 0 radical (unpaired) electrons. The number of carbonyl (C=O) groups excluding carboxylic acids is 1. The fourth-order valence-corrected chi connectivity index (χ4v) is 5.18. The Bertz CT molecular complexity index is 1390. The molecule has 0 bridgehead atoms. The second kappa shape index (κ2) is 9.22. The Kier molecular flexibility index (Phi) is 6.38. The second-order valence-electron chi connectivity index (χ2n) is 6.98. The predicted octanol–water partition coefficient (Wildman–Crippen LogP) is 2.96. The van der Waals surface area contributed by atoms with Crippen LogP contribution in [0.4, 0.5) is 0 Å². The van der Waals surface area contributed by atoms with E-state index in [0.29, 0.717) is 30.8 Å². The maximum absolute atomic E-state index is 13.5. The first-order chi connectivity index (χ1) is 15.4. The van der Waals surface area contributed by atoms with Gasteiger partial charge in [-0.1, -0.05) is 23.5 Å². The highest BCUT2D eigenvalue weighted by atomic mass is 79.9.